The van der Waals surface area contributed by atoms with Crippen LogP contribution in [0.3, 0.4) is 0 Å². The second-order valence-corrected chi connectivity index (χ2v) is 7.83. The van der Waals surface area contributed by atoms with Gasteiger partial charge in [-0.3, -0.25) is 19.4 Å². The van der Waals surface area contributed by atoms with Crippen LogP contribution < -0.4 is 5.32 Å². The van der Waals surface area contributed by atoms with Crippen molar-refractivity contribution in [1.29, 1.82) is 0 Å². The topological polar surface area (TPSA) is 63.1 Å². The van der Waals surface area contributed by atoms with E-state index in [0.29, 0.717) is 17.7 Å². The molecule has 25 heavy (non-hydrogen) atoms. The van der Waals surface area contributed by atoms with Crippen LogP contribution >= 0.6 is 0 Å². The molecule has 0 bridgehead atoms. The van der Waals surface area contributed by atoms with Crippen molar-refractivity contribution in [1.82, 2.24) is 25.0 Å². The molecule has 0 atom stereocenters. The van der Waals surface area contributed by atoms with Crippen LogP contribution in [0.15, 0.2) is 30.5 Å². The average Bonchev–Trinajstić information content (AvgIpc) is 3.01. The molecule has 6 nitrogen and oxygen atoms in total. The molecular weight excluding hydrogens is 314 g/mol. The molecule has 0 radical (unpaired) electrons. The van der Waals surface area contributed by atoms with Gasteiger partial charge >= 0.3 is 0 Å². The van der Waals surface area contributed by atoms with Gasteiger partial charge in [0.15, 0.2) is 5.69 Å². The highest BCUT2D eigenvalue weighted by molar-refractivity contribution is 5.92. The maximum absolute atomic E-state index is 12.3. The van der Waals surface area contributed by atoms with Gasteiger partial charge in [-0.25, -0.2) is 0 Å². The van der Waals surface area contributed by atoms with Crippen LogP contribution in [-0.4, -0.2) is 38.7 Å². The summed E-state index contributed by atoms with van der Waals surface area (Å²) in [6.45, 7) is 11.0. The number of carbonyl (C=O) groups is 1. The number of rotatable bonds is 5. The lowest BCUT2D eigenvalue weighted by Gasteiger charge is -2.30. The first kappa shape index (κ1) is 17.6. The molecule has 2 aromatic rings. The Morgan fingerprint density at radius 1 is 1.28 bits per heavy atom. The first-order chi connectivity index (χ1) is 11.9. The zero-order valence-corrected chi connectivity index (χ0v) is 15.3. The first-order valence-electron chi connectivity index (χ1n) is 8.88. The van der Waals surface area contributed by atoms with E-state index in [2.05, 4.69) is 41.1 Å². The van der Waals surface area contributed by atoms with Crippen LogP contribution in [-0.2, 0) is 19.6 Å². The predicted octanol–water partition coefficient (Wildman–Crippen LogP) is 2.46. The van der Waals surface area contributed by atoms with Crippen molar-refractivity contribution in [3.05, 3.63) is 47.5 Å². The van der Waals surface area contributed by atoms with Crippen LogP contribution in [0, 0.1) is 5.41 Å². The third-order valence-electron chi connectivity index (χ3n) is 4.44. The minimum Gasteiger partial charge on any atom is -0.345 e. The number of hydrogen-bond acceptors (Lipinski definition) is 4. The van der Waals surface area contributed by atoms with Gasteiger partial charge in [-0.1, -0.05) is 26.8 Å². The van der Waals surface area contributed by atoms with Crippen LogP contribution in [0.1, 0.15) is 49.1 Å². The molecule has 0 fully saturated rings. The van der Waals surface area contributed by atoms with E-state index in [4.69, 9.17) is 0 Å². The second-order valence-electron chi connectivity index (χ2n) is 7.83. The van der Waals surface area contributed by atoms with Crippen LogP contribution in [0.4, 0.5) is 0 Å². The fourth-order valence-electron chi connectivity index (χ4n) is 2.88. The van der Waals surface area contributed by atoms with E-state index < -0.39 is 0 Å². The Bertz CT molecular complexity index is 717. The lowest BCUT2D eigenvalue weighted by molar-refractivity contribution is 0.0944. The van der Waals surface area contributed by atoms with Gasteiger partial charge in [0.1, 0.15) is 0 Å². The Hall–Kier alpha value is -2.21. The summed E-state index contributed by atoms with van der Waals surface area (Å²) >= 11 is 0. The summed E-state index contributed by atoms with van der Waals surface area (Å²) in [5.74, 6) is -0.145. The molecule has 0 aliphatic carbocycles. The monoisotopic (exact) mass is 341 g/mol. The van der Waals surface area contributed by atoms with E-state index in [-0.39, 0.29) is 5.91 Å². The number of hydrogen-bond donors (Lipinski definition) is 1. The van der Waals surface area contributed by atoms with E-state index in [1.54, 1.807) is 6.20 Å². The van der Waals surface area contributed by atoms with Crippen molar-refractivity contribution in [2.75, 3.05) is 13.1 Å². The maximum atomic E-state index is 12.3. The van der Waals surface area contributed by atoms with Crippen molar-refractivity contribution >= 4 is 5.91 Å². The highest BCUT2D eigenvalue weighted by atomic mass is 16.1. The van der Waals surface area contributed by atoms with E-state index in [1.807, 2.05) is 28.9 Å². The molecule has 1 amide bonds. The zero-order chi connectivity index (χ0) is 17.9. The molecule has 1 N–H and O–H groups in total. The third kappa shape index (κ3) is 4.89. The van der Waals surface area contributed by atoms with Gasteiger partial charge in [-0.05, 0) is 36.6 Å². The van der Waals surface area contributed by atoms with Crippen molar-refractivity contribution in [2.24, 2.45) is 5.41 Å². The lowest BCUT2D eigenvalue weighted by Crippen LogP contribution is -2.35. The molecule has 0 saturated carbocycles. The smallest absolute Gasteiger partial charge is 0.272 e. The summed E-state index contributed by atoms with van der Waals surface area (Å²) in [6.07, 6.45) is 2.89. The second kappa shape index (κ2) is 7.35. The molecule has 1 aliphatic heterocycles. The highest BCUT2D eigenvalue weighted by Gasteiger charge is 2.22. The fourth-order valence-corrected chi connectivity index (χ4v) is 2.88. The number of pyridine rings is 1. The molecule has 1 aliphatic rings. The summed E-state index contributed by atoms with van der Waals surface area (Å²) in [7, 11) is 0. The molecular formula is C19H27N5O. The quantitative estimate of drug-likeness (QED) is 0.907. The Morgan fingerprint density at radius 2 is 2.12 bits per heavy atom. The molecule has 0 spiro atoms. The van der Waals surface area contributed by atoms with Crippen LogP contribution in [0.2, 0.25) is 0 Å². The van der Waals surface area contributed by atoms with Crippen molar-refractivity contribution in [3.63, 3.8) is 0 Å². The summed E-state index contributed by atoms with van der Waals surface area (Å²) < 4.78 is 1.96. The van der Waals surface area contributed by atoms with Crippen molar-refractivity contribution in [3.8, 4) is 0 Å². The maximum Gasteiger partial charge on any atom is 0.272 e. The van der Waals surface area contributed by atoms with Gasteiger partial charge in [0.2, 0.25) is 0 Å². The molecule has 3 rings (SSSR count). The first-order valence-corrected chi connectivity index (χ1v) is 8.88. The van der Waals surface area contributed by atoms with Crippen molar-refractivity contribution < 1.29 is 4.79 Å². The number of amides is 1. The van der Waals surface area contributed by atoms with Gasteiger partial charge in [0.25, 0.3) is 5.91 Å². The molecule has 0 aromatic carbocycles. The highest BCUT2D eigenvalue weighted by Crippen LogP contribution is 2.21. The normalized spacial score (nSPS) is 15.0. The predicted molar refractivity (Wildman–Crippen MR) is 97.0 cm³/mol. The SMILES string of the molecule is CC(C)(C)CCN1CCn2nc(C(=O)NCc3ccccn3)cc2C1. The minimum absolute atomic E-state index is 0.145. The van der Waals surface area contributed by atoms with Gasteiger partial charge in [-0.2, -0.15) is 5.10 Å². The minimum atomic E-state index is -0.145. The molecule has 134 valence electrons. The van der Waals surface area contributed by atoms with Gasteiger partial charge < -0.3 is 5.32 Å². The third-order valence-corrected chi connectivity index (χ3v) is 4.44. The van der Waals surface area contributed by atoms with E-state index in [9.17, 15) is 4.79 Å². The van der Waals surface area contributed by atoms with E-state index >= 15 is 0 Å². The number of fused-ring (bicyclic) bond motifs is 1. The van der Waals surface area contributed by atoms with Gasteiger partial charge in [0.05, 0.1) is 24.5 Å². The average molecular weight is 341 g/mol. The zero-order valence-electron chi connectivity index (χ0n) is 15.3. The molecule has 0 unspecified atom stereocenters. The molecule has 6 heteroatoms. The summed E-state index contributed by atoms with van der Waals surface area (Å²) in [6, 6.07) is 7.58. The van der Waals surface area contributed by atoms with Gasteiger partial charge in [0, 0.05) is 19.3 Å². The van der Waals surface area contributed by atoms with Crippen molar-refractivity contribution in [2.45, 2.75) is 46.8 Å². The fraction of sp³-hybridized carbons (Fsp3) is 0.526. The summed E-state index contributed by atoms with van der Waals surface area (Å²) in [4.78, 5) is 19.0. The van der Waals surface area contributed by atoms with Gasteiger partial charge in [-0.15, -0.1) is 0 Å². The van der Waals surface area contributed by atoms with Crippen LogP contribution in [0.25, 0.3) is 0 Å². The Balaban J connectivity index is 1.57. The Morgan fingerprint density at radius 3 is 2.84 bits per heavy atom. The standard InChI is InChI=1S/C19H27N5O/c1-19(2,3)7-9-23-10-11-24-16(14-23)12-17(22-24)18(25)21-13-15-6-4-5-8-20-15/h4-6,8,12H,7,9-11,13-14H2,1-3H3,(H,21,25). The Labute approximate surface area is 149 Å². The number of nitrogens with one attached hydrogen (secondary N) is 1. The number of nitrogens with zero attached hydrogens (tertiary/aromatic N) is 4. The van der Waals surface area contributed by atoms with Crippen LogP contribution in [0.5, 0.6) is 0 Å². The Kier molecular flexibility index (Phi) is 5.18. The molecule has 2 aromatic heterocycles. The summed E-state index contributed by atoms with van der Waals surface area (Å²) in [5.41, 5.74) is 2.79. The molecule has 3 heterocycles. The lowest BCUT2D eigenvalue weighted by atomic mass is 9.92. The largest absolute Gasteiger partial charge is 0.345 e. The number of aromatic nitrogens is 3. The van der Waals surface area contributed by atoms with E-state index in [1.165, 1.54) is 6.42 Å². The van der Waals surface area contributed by atoms with E-state index in [0.717, 1.165) is 37.6 Å². The number of carbonyl (C=O) groups excluding carboxylic acids is 1. The summed E-state index contributed by atoms with van der Waals surface area (Å²) in [5, 5.41) is 7.35. The molecule has 0 saturated heterocycles.